The van der Waals surface area contributed by atoms with Crippen LogP contribution in [-0.4, -0.2) is 38.2 Å². The summed E-state index contributed by atoms with van der Waals surface area (Å²) in [5.74, 6) is 1.22. The third-order valence-electron chi connectivity index (χ3n) is 5.79. The summed E-state index contributed by atoms with van der Waals surface area (Å²) in [4.78, 5) is 2.54. The minimum atomic E-state index is -0.238. The van der Waals surface area contributed by atoms with Crippen LogP contribution in [0.3, 0.4) is 0 Å². The maximum atomic E-state index is 13.0. The van der Waals surface area contributed by atoms with Gasteiger partial charge in [0, 0.05) is 19.6 Å². The number of hydrogen-bond acceptors (Lipinski definition) is 4. The molecule has 2 fully saturated rings. The van der Waals surface area contributed by atoms with Crippen molar-refractivity contribution in [2.75, 3.05) is 33.3 Å². The molecule has 144 valence electrons. The molecule has 2 aromatic carbocycles. The first-order chi connectivity index (χ1) is 13.2. The van der Waals surface area contributed by atoms with E-state index >= 15 is 0 Å². The first kappa shape index (κ1) is 18.3. The molecule has 27 heavy (non-hydrogen) atoms. The predicted octanol–water partition coefficient (Wildman–Crippen LogP) is 3.60. The van der Waals surface area contributed by atoms with E-state index in [1.54, 1.807) is 19.2 Å². The number of nitrogens with one attached hydrogen (secondary N) is 1. The smallest absolute Gasteiger partial charge is 0.161 e. The van der Waals surface area contributed by atoms with Crippen molar-refractivity contribution in [2.45, 2.75) is 26.0 Å². The predicted molar refractivity (Wildman–Crippen MR) is 104 cm³/mol. The number of benzene rings is 2. The van der Waals surface area contributed by atoms with Gasteiger partial charge in [0.15, 0.2) is 11.5 Å². The summed E-state index contributed by atoms with van der Waals surface area (Å²) in [5.41, 5.74) is 2.65. The largest absolute Gasteiger partial charge is 0.493 e. The van der Waals surface area contributed by atoms with Crippen molar-refractivity contribution in [1.29, 1.82) is 0 Å². The standard InChI is InChI=1S/C22H27FN2O2/c1-26-21-12-18(13-25-11-9-22(16-25)8-10-24-15-22)4-7-20(21)27-14-17-2-5-19(23)6-3-17/h2-7,12,24H,8-11,13-16H2,1H3. The van der Waals surface area contributed by atoms with E-state index < -0.39 is 0 Å². The second kappa shape index (κ2) is 7.87. The highest BCUT2D eigenvalue weighted by Crippen LogP contribution is 2.37. The van der Waals surface area contributed by atoms with Gasteiger partial charge in [0.1, 0.15) is 12.4 Å². The Morgan fingerprint density at radius 2 is 1.89 bits per heavy atom. The minimum absolute atomic E-state index is 0.238. The molecule has 0 aromatic heterocycles. The van der Waals surface area contributed by atoms with Crippen LogP contribution >= 0.6 is 0 Å². The molecule has 4 rings (SSSR count). The fourth-order valence-corrected chi connectivity index (χ4v) is 4.24. The summed E-state index contributed by atoms with van der Waals surface area (Å²) in [7, 11) is 1.67. The zero-order chi connectivity index (χ0) is 18.7. The van der Waals surface area contributed by atoms with Crippen LogP contribution in [0.1, 0.15) is 24.0 Å². The molecule has 2 aliphatic rings. The number of ether oxygens (including phenoxy) is 2. The summed E-state index contributed by atoms with van der Waals surface area (Å²) in [6, 6.07) is 12.5. The number of methoxy groups -OCH3 is 1. The van der Waals surface area contributed by atoms with Gasteiger partial charge < -0.3 is 14.8 Å². The second-order valence-corrected chi connectivity index (χ2v) is 7.79. The molecule has 1 unspecified atom stereocenters. The van der Waals surface area contributed by atoms with Crippen molar-refractivity contribution in [3.05, 3.63) is 59.4 Å². The molecule has 0 saturated carbocycles. The average molecular weight is 370 g/mol. The van der Waals surface area contributed by atoms with E-state index in [4.69, 9.17) is 9.47 Å². The van der Waals surface area contributed by atoms with Gasteiger partial charge in [-0.25, -0.2) is 4.39 Å². The normalized spacial score (nSPS) is 22.4. The Hall–Kier alpha value is -2.11. The highest BCUT2D eigenvalue weighted by Gasteiger charge is 2.40. The van der Waals surface area contributed by atoms with E-state index in [9.17, 15) is 4.39 Å². The molecule has 0 bridgehead atoms. The molecule has 2 aliphatic heterocycles. The lowest BCUT2D eigenvalue weighted by molar-refractivity contribution is 0.266. The van der Waals surface area contributed by atoms with Gasteiger partial charge in [0.25, 0.3) is 0 Å². The van der Waals surface area contributed by atoms with Crippen LogP contribution in [0.5, 0.6) is 11.5 Å². The first-order valence-corrected chi connectivity index (χ1v) is 9.63. The molecule has 1 spiro atoms. The average Bonchev–Trinajstić information content (AvgIpc) is 3.31. The SMILES string of the molecule is COc1cc(CN2CCC3(CCNC3)C2)ccc1OCc1ccc(F)cc1. The van der Waals surface area contributed by atoms with Crippen LogP contribution in [0, 0.1) is 11.2 Å². The van der Waals surface area contributed by atoms with Crippen LogP contribution in [0.4, 0.5) is 4.39 Å². The van der Waals surface area contributed by atoms with Crippen molar-refractivity contribution >= 4 is 0 Å². The second-order valence-electron chi connectivity index (χ2n) is 7.79. The van der Waals surface area contributed by atoms with Gasteiger partial charge in [-0.05, 0) is 66.7 Å². The highest BCUT2D eigenvalue weighted by atomic mass is 19.1. The first-order valence-electron chi connectivity index (χ1n) is 9.63. The minimum Gasteiger partial charge on any atom is -0.493 e. The maximum absolute atomic E-state index is 13.0. The van der Waals surface area contributed by atoms with Gasteiger partial charge in [-0.1, -0.05) is 18.2 Å². The Morgan fingerprint density at radius 1 is 1.07 bits per heavy atom. The molecule has 0 aliphatic carbocycles. The van der Waals surface area contributed by atoms with Crippen LogP contribution < -0.4 is 14.8 Å². The zero-order valence-electron chi connectivity index (χ0n) is 15.8. The summed E-state index contributed by atoms with van der Waals surface area (Å²) in [6.07, 6.45) is 2.58. The lowest BCUT2D eigenvalue weighted by Gasteiger charge is -2.23. The number of hydrogen-bond donors (Lipinski definition) is 1. The third kappa shape index (κ3) is 4.25. The van der Waals surface area contributed by atoms with Crippen molar-refractivity contribution in [3.63, 3.8) is 0 Å². The van der Waals surface area contributed by atoms with E-state index in [-0.39, 0.29) is 5.82 Å². The fraction of sp³-hybridized carbons (Fsp3) is 0.455. The summed E-state index contributed by atoms with van der Waals surface area (Å²) < 4.78 is 24.4. The molecule has 2 saturated heterocycles. The van der Waals surface area contributed by atoms with Crippen LogP contribution in [-0.2, 0) is 13.2 Å². The number of halogens is 1. The van der Waals surface area contributed by atoms with Crippen LogP contribution in [0.15, 0.2) is 42.5 Å². The summed E-state index contributed by atoms with van der Waals surface area (Å²) in [5, 5.41) is 3.51. The van der Waals surface area contributed by atoms with Gasteiger partial charge in [-0.3, -0.25) is 4.90 Å². The van der Waals surface area contributed by atoms with Crippen LogP contribution in [0.2, 0.25) is 0 Å². The van der Waals surface area contributed by atoms with E-state index in [0.717, 1.165) is 37.5 Å². The van der Waals surface area contributed by atoms with Gasteiger partial charge >= 0.3 is 0 Å². The third-order valence-corrected chi connectivity index (χ3v) is 5.79. The molecule has 0 amide bonds. The Balaban J connectivity index is 1.38. The molecule has 1 N–H and O–H groups in total. The molecule has 1 atom stereocenters. The van der Waals surface area contributed by atoms with E-state index in [1.807, 2.05) is 6.07 Å². The van der Waals surface area contributed by atoms with Crippen LogP contribution in [0.25, 0.3) is 0 Å². The maximum Gasteiger partial charge on any atom is 0.161 e. The molecule has 5 heteroatoms. The van der Waals surface area contributed by atoms with Crippen molar-refractivity contribution < 1.29 is 13.9 Å². The Bertz CT molecular complexity index is 772. The monoisotopic (exact) mass is 370 g/mol. The molecular weight excluding hydrogens is 343 g/mol. The van der Waals surface area contributed by atoms with E-state index in [0.29, 0.717) is 17.8 Å². The lowest BCUT2D eigenvalue weighted by atomic mass is 9.86. The molecular formula is C22H27FN2O2. The number of likely N-dealkylation sites (tertiary alicyclic amines) is 1. The molecule has 2 heterocycles. The molecule has 2 aromatic rings. The fourth-order valence-electron chi connectivity index (χ4n) is 4.24. The van der Waals surface area contributed by atoms with Gasteiger partial charge in [-0.2, -0.15) is 0 Å². The summed E-state index contributed by atoms with van der Waals surface area (Å²) >= 11 is 0. The Kier molecular flexibility index (Phi) is 5.32. The Morgan fingerprint density at radius 3 is 2.63 bits per heavy atom. The number of nitrogens with zero attached hydrogens (tertiary/aromatic N) is 1. The quantitative estimate of drug-likeness (QED) is 0.842. The van der Waals surface area contributed by atoms with Gasteiger partial charge in [0.2, 0.25) is 0 Å². The van der Waals surface area contributed by atoms with E-state index in [2.05, 4.69) is 22.3 Å². The van der Waals surface area contributed by atoms with Crippen molar-refractivity contribution in [1.82, 2.24) is 10.2 Å². The summed E-state index contributed by atoms with van der Waals surface area (Å²) in [6.45, 7) is 5.97. The van der Waals surface area contributed by atoms with Crippen molar-refractivity contribution in [3.8, 4) is 11.5 Å². The van der Waals surface area contributed by atoms with Gasteiger partial charge in [-0.15, -0.1) is 0 Å². The molecule has 4 nitrogen and oxygen atoms in total. The van der Waals surface area contributed by atoms with Crippen molar-refractivity contribution in [2.24, 2.45) is 5.41 Å². The van der Waals surface area contributed by atoms with E-state index in [1.165, 1.54) is 37.1 Å². The lowest BCUT2D eigenvalue weighted by Crippen LogP contribution is -2.28. The zero-order valence-corrected chi connectivity index (χ0v) is 15.8. The molecule has 0 radical (unpaired) electrons. The topological polar surface area (TPSA) is 33.7 Å². The highest BCUT2D eigenvalue weighted by molar-refractivity contribution is 5.43. The Labute approximate surface area is 160 Å². The number of rotatable bonds is 6. The van der Waals surface area contributed by atoms with Gasteiger partial charge in [0.05, 0.1) is 7.11 Å².